The lowest BCUT2D eigenvalue weighted by atomic mass is 10.2. The topological polar surface area (TPSA) is 110 Å². The zero-order valence-corrected chi connectivity index (χ0v) is 12.0. The predicted octanol–water partition coefficient (Wildman–Crippen LogP) is 0.595. The van der Waals surface area contributed by atoms with Crippen LogP contribution < -0.4 is 4.89 Å². The van der Waals surface area contributed by atoms with Crippen LogP contribution >= 0.6 is 0 Å². The van der Waals surface area contributed by atoms with Crippen molar-refractivity contribution in [3.05, 3.63) is 11.8 Å². The van der Waals surface area contributed by atoms with E-state index < -0.39 is 26.6 Å². The van der Waals surface area contributed by atoms with Crippen LogP contribution in [0.25, 0.3) is 0 Å². The van der Waals surface area contributed by atoms with Crippen molar-refractivity contribution < 1.29 is 22.8 Å². The molecule has 0 aromatic carbocycles. The third-order valence-electron chi connectivity index (χ3n) is 1.83. The Kier molecular flexibility index (Phi) is 4.66. The van der Waals surface area contributed by atoms with Crippen LogP contribution in [0.4, 0.5) is 0 Å². The zero-order chi connectivity index (χ0) is 14.7. The van der Waals surface area contributed by atoms with Crippen molar-refractivity contribution in [2.24, 2.45) is 0 Å². The van der Waals surface area contributed by atoms with Crippen molar-refractivity contribution in [2.75, 3.05) is 6.61 Å². The van der Waals surface area contributed by atoms with Gasteiger partial charge in [-0.25, -0.2) is 13.2 Å². The molecule has 1 heterocycles. The van der Waals surface area contributed by atoms with E-state index >= 15 is 0 Å². The van der Waals surface area contributed by atoms with Crippen molar-refractivity contribution in [3.63, 3.8) is 0 Å². The highest BCUT2D eigenvalue weighted by Crippen LogP contribution is 2.14. The van der Waals surface area contributed by atoms with E-state index in [4.69, 9.17) is 9.57 Å². The average molecular weight is 291 g/mol. The molecule has 0 saturated carbocycles. The Morgan fingerprint density at radius 2 is 2.11 bits per heavy atom. The van der Waals surface area contributed by atoms with E-state index in [9.17, 15) is 13.2 Å². The molecule has 108 valence electrons. The maximum atomic E-state index is 12.0. The first-order valence-electron chi connectivity index (χ1n) is 5.57. The molecule has 1 aromatic rings. The molecular formula is C10H17N3O5S. The smallest absolute Gasteiger partial charge is 0.342 e. The molecule has 0 radical (unpaired) electrons. The average Bonchev–Trinajstić information content (AvgIpc) is 2.75. The van der Waals surface area contributed by atoms with Crippen LogP contribution in [0.5, 0.6) is 0 Å². The molecule has 9 heteroatoms. The molecule has 2 N–H and O–H groups in total. The van der Waals surface area contributed by atoms with Gasteiger partial charge in [0.05, 0.1) is 18.4 Å². The Morgan fingerprint density at radius 1 is 1.47 bits per heavy atom. The number of rotatable bonds is 5. The summed E-state index contributed by atoms with van der Waals surface area (Å²) in [6.07, 6.45) is 1.09. The van der Waals surface area contributed by atoms with Gasteiger partial charge in [0.1, 0.15) is 5.56 Å². The molecule has 0 saturated heterocycles. The Hall–Kier alpha value is -1.45. The highest BCUT2D eigenvalue weighted by atomic mass is 32.2. The first-order chi connectivity index (χ1) is 8.67. The highest BCUT2D eigenvalue weighted by Gasteiger charge is 2.27. The molecule has 0 fully saturated rings. The fourth-order valence-electron chi connectivity index (χ4n) is 1.05. The van der Waals surface area contributed by atoms with E-state index in [-0.39, 0.29) is 12.2 Å². The predicted molar refractivity (Wildman–Crippen MR) is 65.7 cm³/mol. The molecule has 0 unspecified atom stereocenters. The number of carbonyl (C=O) groups is 1. The number of H-pyrrole nitrogens is 1. The van der Waals surface area contributed by atoms with Gasteiger partial charge in [-0.05, 0) is 27.7 Å². The molecule has 0 atom stereocenters. The number of carbonyl (C=O) groups excluding carboxylic acids is 1. The monoisotopic (exact) mass is 291 g/mol. The van der Waals surface area contributed by atoms with Crippen LogP contribution in [0.3, 0.4) is 0 Å². The van der Waals surface area contributed by atoms with Gasteiger partial charge in [-0.2, -0.15) is 5.10 Å². The van der Waals surface area contributed by atoms with Crippen LogP contribution in [0.15, 0.2) is 11.2 Å². The van der Waals surface area contributed by atoms with Gasteiger partial charge in [-0.3, -0.25) is 9.94 Å². The van der Waals surface area contributed by atoms with Gasteiger partial charge in [0.25, 0.3) is 10.0 Å². The number of hydrogen-bond acceptors (Lipinski definition) is 6. The van der Waals surface area contributed by atoms with Crippen LogP contribution in [0.1, 0.15) is 38.1 Å². The summed E-state index contributed by atoms with van der Waals surface area (Å²) in [4.78, 5) is 18.5. The van der Waals surface area contributed by atoms with Crippen LogP contribution in [-0.2, 0) is 19.6 Å². The van der Waals surface area contributed by atoms with E-state index in [1.807, 2.05) is 4.89 Å². The third-order valence-corrected chi connectivity index (χ3v) is 2.98. The second kappa shape index (κ2) is 5.68. The Labute approximate surface area is 111 Å². The van der Waals surface area contributed by atoms with E-state index in [0.717, 1.165) is 6.20 Å². The maximum absolute atomic E-state index is 12.0. The standard InChI is InChI=1S/C10H17N3O5S/c1-5-17-9(14)7-6-11-12-8(7)19(15,16)13-18-10(2,3)4/h6,13H,5H2,1-4H3,(H,11,12). The van der Waals surface area contributed by atoms with Crippen LogP contribution in [0.2, 0.25) is 0 Å². The number of esters is 1. The fourth-order valence-corrected chi connectivity index (χ4v) is 2.10. The first-order valence-corrected chi connectivity index (χ1v) is 7.06. The molecule has 0 bridgehead atoms. The number of nitrogens with one attached hydrogen (secondary N) is 2. The van der Waals surface area contributed by atoms with Gasteiger partial charge >= 0.3 is 5.97 Å². The summed E-state index contributed by atoms with van der Waals surface area (Å²) in [6.45, 7) is 6.78. The van der Waals surface area contributed by atoms with Gasteiger partial charge in [0, 0.05) is 0 Å². The lowest BCUT2D eigenvalue weighted by Gasteiger charge is -2.18. The van der Waals surface area contributed by atoms with Crippen molar-refractivity contribution in [1.29, 1.82) is 0 Å². The van der Waals surface area contributed by atoms with Crippen molar-refractivity contribution in [1.82, 2.24) is 15.1 Å². The second-order valence-corrected chi connectivity index (χ2v) is 6.22. The quantitative estimate of drug-likeness (QED) is 0.607. The molecule has 0 aliphatic heterocycles. The van der Waals surface area contributed by atoms with Gasteiger partial charge in [0.2, 0.25) is 0 Å². The SMILES string of the molecule is CCOC(=O)c1cn[nH]c1S(=O)(=O)NOC(C)(C)C. The minimum atomic E-state index is -4.04. The van der Waals surface area contributed by atoms with E-state index in [0.29, 0.717) is 0 Å². The van der Waals surface area contributed by atoms with Gasteiger partial charge in [-0.1, -0.05) is 4.89 Å². The fraction of sp³-hybridized carbons (Fsp3) is 0.600. The minimum Gasteiger partial charge on any atom is -0.462 e. The second-order valence-electron chi connectivity index (χ2n) is 4.63. The first kappa shape index (κ1) is 15.6. The number of sulfonamides is 1. The molecule has 1 aromatic heterocycles. The van der Waals surface area contributed by atoms with Gasteiger partial charge in [0.15, 0.2) is 5.03 Å². The number of nitrogens with zero attached hydrogens (tertiary/aromatic N) is 1. The number of ether oxygens (including phenoxy) is 1. The zero-order valence-electron chi connectivity index (χ0n) is 11.2. The van der Waals surface area contributed by atoms with Crippen molar-refractivity contribution in [2.45, 2.75) is 38.3 Å². The van der Waals surface area contributed by atoms with E-state index in [1.165, 1.54) is 0 Å². The summed E-state index contributed by atoms with van der Waals surface area (Å²) in [5.74, 6) is -0.771. The summed E-state index contributed by atoms with van der Waals surface area (Å²) in [5.41, 5.74) is -0.885. The number of hydrogen-bond donors (Lipinski definition) is 2. The van der Waals surface area contributed by atoms with Crippen LogP contribution in [0, 0.1) is 0 Å². The molecule has 0 aliphatic carbocycles. The molecular weight excluding hydrogens is 274 g/mol. The molecule has 8 nitrogen and oxygen atoms in total. The van der Waals surface area contributed by atoms with Gasteiger partial charge < -0.3 is 4.74 Å². The van der Waals surface area contributed by atoms with E-state index in [2.05, 4.69) is 10.2 Å². The Bertz CT molecular complexity index is 544. The minimum absolute atomic E-state index is 0.134. The highest BCUT2D eigenvalue weighted by molar-refractivity contribution is 7.89. The lowest BCUT2D eigenvalue weighted by molar-refractivity contribution is -0.0358. The number of aromatic amines is 1. The summed E-state index contributed by atoms with van der Waals surface area (Å²) < 4.78 is 28.6. The summed E-state index contributed by atoms with van der Waals surface area (Å²) in [6, 6.07) is 0. The summed E-state index contributed by atoms with van der Waals surface area (Å²) >= 11 is 0. The molecule has 19 heavy (non-hydrogen) atoms. The van der Waals surface area contributed by atoms with E-state index in [1.54, 1.807) is 27.7 Å². The normalized spacial score (nSPS) is 12.4. The van der Waals surface area contributed by atoms with Crippen molar-refractivity contribution >= 4 is 16.0 Å². The summed E-state index contributed by atoms with van der Waals surface area (Å²) in [7, 11) is -4.04. The van der Waals surface area contributed by atoms with Crippen molar-refractivity contribution in [3.8, 4) is 0 Å². The Balaban J connectivity index is 2.97. The largest absolute Gasteiger partial charge is 0.462 e. The lowest BCUT2D eigenvalue weighted by Crippen LogP contribution is -2.34. The number of aromatic nitrogens is 2. The molecule has 0 spiro atoms. The third kappa shape index (κ3) is 4.30. The molecule has 1 rings (SSSR count). The van der Waals surface area contributed by atoms with Crippen LogP contribution in [-0.4, -0.2) is 36.8 Å². The van der Waals surface area contributed by atoms with Gasteiger partial charge in [-0.15, -0.1) is 0 Å². The maximum Gasteiger partial charge on any atom is 0.342 e. The summed E-state index contributed by atoms with van der Waals surface area (Å²) in [5, 5.41) is 5.38. The molecule has 0 amide bonds. The molecule has 0 aliphatic rings. The Morgan fingerprint density at radius 3 is 2.63 bits per heavy atom.